The average molecular weight is 344 g/mol. The molecule has 0 aliphatic carbocycles. The molecule has 0 amide bonds. The van der Waals surface area contributed by atoms with E-state index in [1.165, 1.54) is 19.2 Å². The van der Waals surface area contributed by atoms with Gasteiger partial charge in [-0.05, 0) is 25.9 Å². The average Bonchev–Trinajstić information content (AvgIpc) is 3.15. The van der Waals surface area contributed by atoms with E-state index in [1.54, 1.807) is 0 Å². The number of hydrogen-bond donors (Lipinski definition) is 1. The lowest BCUT2D eigenvalue weighted by Crippen LogP contribution is -2.37. The maximum absolute atomic E-state index is 12.3. The summed E-state index contributed by atoms with van der Waals surface area (Å²) in [7, 11) is 0. The summed E-state index contributed by atoms with van der Waals surface area (Å²) in [5.74, 6) is 0.770. The number of hydrogen-bond acceptors (Lipinski definition) is 6. The molecule has 25 heavy (non-hydrogen) atoms. The van der Waals surface area contributed by atoms with E-state index >= 15 is 0 Å². The molecular weight excluding hydrogens is 320 g/mol. The van der Waals surface area contributed by atoms with Gasteiger partial charge in [-0.2, -0.15) is 0 Å². The SMILES string of the molecule is O=c1[nH]cnc2cc(OCCN3CCCC3)cc(N3CCOCC3)c12. The molecule has 134 valence electrons. The Balaban J connectivity index is 1.59. The lowest BCUT2D eigenvalue weighted by Gasteiger charge is -2.29. The van der Waals surface area contributed by atoms with Crippen molar-refractivity contribution in [3.8, 4) is 5.75 Å². The molecule has 0 atom stereocenters. The highest BCUT2D eigenvalue weighted by atomic mass is 16.5. The standard InChI is InChI=1S/C18H24N4O3/c23-18-17-15(19-13-20-18)11-14(25-10-5-21-3-1-2-4-21)12-16(17)22-6-8-24-9-7-22/h11-13H,1-10H2,(H,19,20,23). The fourth-order valence-corrected chi connectivity index (χ4v) is 3.59. The van der Waals surface area contributed by atoms with Gasteiger partial charge in [0.2, 0.25) is 0 Å². The van der Waals surface area contributed by atoms with Crippen LogP contribution in [0.15, 0.2) is 23.3 Å². The number of nitrogens with zero attached hydrogens (tertiary/aromatic N) is 3. The number of likely N-dealkylation sites (tertiary alicyclic amines) is 1. The molecule has 4 rings (SSSR count). The Morgan fingerprint density at radius 3 is 2.76 bits per heavy atom. The van der Waals surface area contributed by atoms with Gasteiger partial charge in [0.25, 0.3) is 5.56 Å². The number of fused-ring (bicyclic) bond motifs is 1. The molecule has 0 saturated carbocycles. The second kappa shape index (κ2) is 7.41. The van der Waals surface area contributed by atoms with Gasteiger partial charge in [-0.3, -0.25) is 9.69 Å². The maximum Gasteiger partial charge on any atom is 0.260 e. The summed E-state index contributed by atoms with van der Waals surface area (Å²) in [6.45, 7) is 6.78. The molecule has 1 N–H and O–H groups in total. The maximum atomic E-state index is 12.3. The van der Waals surface area contributed by atoms with Gasteiger partial charge in [0.15, 0.2) is 0 Å². The van der Waals surface area contributed by atoms with Crippen LogP contribution in [-0.2, 0) is 4.74 Å². The molecule has 0 spiro atoms. The van der Waals surface area contributed by atoms with Gasteiger partial charge < -0.3 is 19.4 Å². The van der Waals surface area contributed by atoms with Crippen LogP contribution >= 0.6 is 0 Å². The van der Waals surface area contributed by atoms with Gasteiger partial charge in [0.1, 0.15) is 12.4 Å². The highest BCUT2D eigenvalue weighted by Gasteiger charge is 2.18. The Labute approximate surface area is 146 Å². The predicted molar refractivity (Wildman–Crippen MR) is 96.6 cm³/mol. The van der Waals surface area contributed by atoms with Crippen molar-refractivity contribution in [1.82, 2.24) is 14.9 Å². The third-order valence-corrected chi connectivity index (χ3v) is 4.92. The molecule has 2 aliphatic heterocycles. The number of ether oxygens (including phenoxy) is 2. The van der Waals surface area contributed by atoms with Gasteiger partial charge in [-0.15, -0.1) is 0 Å². The first-order valence-electron chi connectivity index (χ1n) is 9.00. The molecule has 3 heterocycles. The summed E-state index contributed by atoms with van der Waals surface area (Å²) in [6, 6.07) is 3.83. The van der Waals surface area contributed by atoms with Crippen molar-refractivity contribution in [2.45, 2.75) is 12.8 Å². The molecule has 0 bridgehead atoms. The number of morpholine rings is 1. The van der Waals surface area contributed by atoms with Crippen LogP contribution in [0.2, 0.25) is 0 Å². The van der Waals surface area contributed by atoms with E-state index in [2.05, 4.69) is 19.8 Å². The largest absolute Gasteiger partial charge is 0.492 e. The van der Waals surface area contributed by atoms with Crippen molar-refractivity contribution in [1.29, 1.82) is 0 Å². The number of nitrogens with one attached hydrogen (secondary N) is 1. The lowest BCUT2D eigenvalue weighted by atomic mass is 10.1. The van der Waals surface area contributed by atoms with E-state index in [1.807, 2.05) is 12.1 Å². The minimum Gasteiger partial charge on any atom is -0.492 e. The number of aromatic amines is 1. The quantitative estimate of drug-likeness (QED) is 0.880. The Bertz CT molecular complexity index is 779. The molecule has 2 aromatic rings. The van der Waals surface area contributed by atoms with E-state index < -0.39 is 0 Å². The van der Waals surface area contributed by atoms with Crippen molar-refractivity contribution in [2.24, 2.45) is 0 Å². The molecule has 7 nitrogen and oxygen atoms in total. The van der Waals surface area contributed by atoms with Crippen LogP contribution in [0, 0.1) is 0 Å². The Kier molecular flexibility index (Phi) is 4.85. The smallest absolute Gasteiger partial charge is 0.260 e. The Hall–Kier alpha value is -2.12. The van der Waals surface area contributed by atoms with Crippen molar-refractivity contribution in [3.05, 3.63) is 28.8 Å². The normalized spacial score (nSPS) is 18.8. The van der Waals surface area contributed by atoms with Gasteiger partial charge >= 0.3 is 0 Å². The fourth-order valence-electron chi connectivity index (χ4n) is 3.59. The first-order valence-corrected chi connectivity index (χ1v) is 9.00. The number of H-pyrrole nitrogens is 1. The molecule has 1 aromatic heterocycles. The highest BCUT2D eigenvalue weighted by molar-refractivity contribution is 5.92. The zero-order valence-electron chi connectivity index (χ0n) is 14.4. The Morgan fingerprint density at radius 2 is 1.96 bits per heavy atom. The van der Waals surface area contributed by atoms with Crippen LogP contribution in [0.4, 0.5) is 5.69 Å². The summed E-state index contributed by atoms with van der Waals surface area (Å²) < 4.78 is 11.4. The Morgan fingerprint density at radius 1 is 1.16 bits per heavy atom. The molecule has 0 unspecified atom stereocenters. The van der Waals surface area contributed by atoms with E-state index in [4.69, 9.17) is 9.47 Å². The number of benzene rings is 1. The van der Waals surface area contributed by atoms with Crippen LogP contribution in [0.1, 0.15) is 12.8 Å². The molecule has 2 aliphatic rings. The van der Waals surface area contributed by atoms with Crippen molar-refractivity contribution in [3.63, 3.8) is 0 Å². The van der Waals surface area contributed by atoms with E-state index in [-0.39, 0.29) is 5.56 Å². The number of rotatable bonds is 5. The first-order chi connectivity index (χ1) is 12.3. The predicted octanol–water partition coefficient (Wildman–Crippen LogP) is 1.23. The molecular formula is C18H24N4O3. The van der Waals surface area contributed by atoms with Crippen LogP contribution < -0.4 is 15.2 Å². The summed E-state index contributed by atoms with van der Waals surface area (Å²) in [6.07, 6.45) is 4.01. The number of aromatic nitrogens is 2. The van der Waals surface area contributed by atoms with Gasteiger partial charge in [-0.1, -0.05) is 0 Å². The zero-order valence-corrected chi connectivity index (χ0v) is 14.4. The van der Waals surface area contributed by atoms with Crippen LogP contribution in [0.3, 0.4) is 0 Å². The number of anilines is 1. The molecule has 1 aromatic carbocycles. The van der Waals surface area contributed by atoms with Gasteiger partial charge in [0.05, 0.1) is 36.1 Å². The van der Waals surface area contributed by atoms with Gasteiger partial charge in [0, 0.05) is 31.8 Å². The monoisotopic (exact) mass is 344 g/mol. The van der Waals surface area contributed by atoms with Crippen molar-refractivity contribution in [2.75, 3.05) is 57.4 Å². The minimum absolute atomic E-state index is 0.116. The van der Waals surface area contributed by atoms with Crippen molar-refractivity contribution >= 4 is 16.6 Å². The topological polar surface area (TPSA) is 70.7 Å². The van der Waals surface area contributed by atoms with Crippen LogP contribution in [-0.4, -0.2) is 67.4 Å². The zero-order chi connectivity index (χ0) is 17.1. The van der Waals surface area contributed by atoms with E-state index in [0.717, 1.165) is 44.2 Å². The second-order valence-electron chi connectivity index (χ2n) is 6.56. The third-order valence-electron chi connectivity index (χ3n) is 4.92. The van der Waals surface area contributed by atoms with Gasteiger partial charge in [-0.25, -0.2) is 4.98 Å². The third kappa shape index (κ3) is 3.62. The van der Waals surface area contributed by atoms with Crippen LogP contribution in [0.5, 0.6) is 5.75 Å². The molecule has 0 radical (unpaired) electrons. The first kappa shape index (κ1) is 16.4. The van der Waals surface area contributed by atoms with Crippen LogP contribution in [0.25, 0.3) is 10.9 Å². The van der Waals surface area contributed by atoms with E-state index in [9.17, 15) is 4.79 Å². The summed E-state index contributed by atoms with van der Waals surface area (Å²) in [4.78, 5) is 24.0. The summed E-state index contributed by atoms with van der Waals surface area (Å²) >= 11 is 0. The lowest BCUT2D eigenvalue weighted by molar-refractivity contribution is 0.123. The minimum atomic E-state index is -0.116. The second-order valence-corrected chi connectivity index (χ2v) is 6.56. The molecule has 2 saturated heterocycles. The fraction of sp³-hybridized carbons (Fsp3) is 0.556. The molecule has 2 fully saturated rings. The van der Waals surface area contributed by atoms with E-state index in [0.29, 0.717) is 30.7 Å². The highest BCUT2D eigenvalue weighted by Crippen LogP contribution is 2.29. The summed E-state index contributed by atoms with van der Waals surface area (Å²) in [5.41, 5.74) is 1.44. The molecule has 7 heteroatoms. The summed E-state index contributed by atoms with van der Waals surface area (Å²) in [5, 5.41) is 0.622. The van der Waals surface area contributed by atoms with Crippen molar-refractivity contribution < 1.29 is 9.47 Å².